The number of ether oxygens (including phenoxy) is 1. The van der Waals surface area contributed by atoms with Gasteiger partial charge in [-0.15, -0.1) is 11.3 Å². The highest BCUT2D eigenvalue weighted by molar-refractivity contribution is 7.88. The monoisotopic (exact) mass is 551 g/mol. The SMILES string of the molecule is CCC([C@@H](O)CNc1nc(NCCOC)nc(C)c1-c1nc2c(C)nccc2s1)C(C)(C)NS(C)(=O)=O. The van der Waals surface area contributed by atoms with Gasteiger partial charge in [0.25, 0.3) is 0 Å². The third-order valence-electron chi connectivity index (χ3n) is 6.14. The first-order valence-electron chi connectivity index (χ1n) is 12.1. The molecule has 37 heavy (non-hydrogen) atoms. The van der Waals surface area contributed by atoms with Gasteiger partial charge in [-0.1, -0.05) is 6.92 Å². The van der Waals surface area contributed by atoms with Gasteiger partial charge in [0.05, 0.1) is 40.6 Å². The topological polar surface area (TPSA) is 151 Å². The molecular formula is C24H37N7O4S2. The molecule has 4 N–H and O–H groups in total. The number of fused-ring (bicyclic) bond motifs is 1. The quantitative estimate of drug-likeness (QED) is 0.233. The van der Waals surface area contributed by atoms with E-state index < -0.39 is 21.7 Å². The zero-order chi connectivity index (χ0) is 27.4. The van der Waals surface area contributed by atoms with Gasteiger partial charge < -0.3 is 20.5 Å². The van der Waals surface area contributed by atoms with Crippen LogP contribution in [0.1, 0.15) is 38.6 Å². The molecule has 0 aliphatic carbocycles. The second-order valence-electron chi connectivity index (χ2n) is 9.60. The van der Waals surface area contributed by atoms with Gasteiger partial charge in [-0.05, 0) is 40.2 Å². The molecule has 3 aromatic heterocycles. The molecule has 204 valence electrons. The van der Waals surface area contributed by atoms with E-state index in [0.717, 1.165) is 38.4 Å². The highest BCUT2D eigenvalue weighted by Crippen LogP contribution is 2.37. The van der Waals surface area contributed by atoms with E-state index in [1.54, 1.807) is 27.2 Å². The molecule has 2 atom stereocenters. The van der Waals surface area contributed by atoms with Crippen molar-refractivity contribution in [1.29, 1.82) is 0 Å². The summed E-state index contributed by atoms with van der Waals surface area (Å²) in [5.74, 6) is 0.608. The number of nitrogens with one attached hydrogen (secondary N) is 3. The van der Waals surface area contributed by atoms with Gasteiger partial charge in [0.2, 0.25) is 16.0 Å². The van der Waals surface area contributed by atoms with Gasteiger partial charge in [0.1, 0.15) is 16.3 Å². The third kappa shape index (κ3) is 7.32. The number of hydrogen-bond acceptors (Lipinski definition) is 11. The fourth-order valence-electron chi connectivity index (χ4n) is 4.55. The number of rotatable bonds is 13. The van der Waals surface area contributed by atoms with Crippen molar-refractivity contribution in [3.05, 3.63) is 23.7 Å². The van der Waals surface area contributed by atoms with E-state index in [1.807, 2.05) is 26.8 Å². The van der Waals surface area contributed by atoms with Crippen LogP contribution in [0.25, 0.3) is 20.8 Å². The Labute approximate surface area is 222 Å². The predicted molar refractivity (Wildman–Crippen MR) is 149 cm³/mol. The van der Waals surface area contributed by atoms with Crippen molar-refractivity contribution in [3.63, 3.8) is 0 Å². The molecule has 0 saturated carbocycles. The minimum Gasteiger partial charge on any atom is -0.391 e. The van der Waals surface area contributed by atoms with E-state index in [4.69, 9.17) is 14.7 Å². The van der Waals surface area contributed by atoms with Crippen molar-refractivity contribution in [3.8, 4) is 10.6 Å². The van der Waals surface area contributed by atoms with Crippen LogP contribution in [-0.4, -0.2) is 78.2 Å². The largest absolute Gasteiger partial charge is 0.391 e. The van der Waals surface area contributed by atoms with Crippen LogP contribution in [0, 0.1) is 19.8 Å². The summed E-state index contributed by atoms with van der Waals surface area (Å²) in [5, 5.41) is 18.3. The Morgan fingerprint density at radius 3 is 2.51 bits per heavy atom. The number of anilines is 2. The average Bonchev–Trinajstić information content (AvgIpc) is 3.21. The summed E-state index contributed by atoms with van der Waals surface area (Å²) in [6, 6.07) is 1.93. The first-order valence-corrected chi connectivity index (χ1v) is 14.8. The van der Waals surface area contributed by atoms with Crippen molar-refractivity contribution in [1.82, 2.24) is 24.7 Å². The minimum absolute atomic E-state index is 0.153. The van der Waals surface area contributed by atoms with Crippen LogP contribution in [0.2, 0.25) is 0 Å². The van der Waals surface area contributed by atoms with Crippen molar-refractivity contribution >= 4 is 43.3 Å². The van der Waals surface area contributed by atoms with E-state index in [-0.39, 0.29) is 12.5 Å². The number of hydrogen-bond donors (Lipinski definition) is 4. The Hall–Kier alpha value is -2.45. The van der Waals surface area contributed by atoms with Crippen molar-refractivity contribution < 1.29 is 18.3 Å². The lowest BCUT2D eigenvalue weighted by atomic mass is 9.82. The molecule has 0 bridgehead atoms. The number of nitrogens with zero attached hydrogens (tertiary/aromatic N) is 4. The number of aliphatic hydroxyl groups is 1. The molecule has 3 heterocycles. The third-order valence-corrected chi connectivity index (χ3v) is 8.08. The maximum Gasteiger partial charge on any atom is 0.224 e. The van der Waals surface area contributed by atoms with Crippen LogP contribution in [0.15, 0.2) is 12.3 Å². The first kappa shape index (κ1) is 29.1. The Morgan fingerprint density at radius 1 is 1.16 bits per heavy atom. The molecule has 0 saturated heterocycles. The Bertz CT molecular complexity index is 1330. The molecule has 0 spiro atoms. The number of thiazole rings is 1. The van der Waals surface area contributed by atoms with Crippen LogP contribution in [0.5, 0.6) is 0 Å². The van der Waals surface area contributed by atoms with Crippen LogP contribution < -0.4 is 15.4 Å². The standard InChI is InChI=1S/C24H37N7O4S2/c1-8-16(24(4,5)31-37(7,33)34)17(32)13-27-21-19(14(2)28-23(30-21)26-11-12-35-6)22-29-20-15(3)25-10-9-18(20)36-22/h9-10,16-17,31-32H,8,11-13H2,1-7H3,(H2,26,27,28,30)/t16?,17-/m0/s1. The summed E-state index contributed by atoms with van der Waals surface area (Å²) in [4.78, 5) is 18.5. The molecule has 0 aromatic carbocycles. The van der Waals surface area contributed by atoms with Crippen LogP contribution >= 0.6 is 11.3 Å². The van der Waals surface area contributed by atoms with Gasteiger partial charge in [0.15, 0.2) is 0 Å². The van der Waals surface area contributed by atoms with E-state index >= 15 is 0 Å². The lowest BCUT2D eigenvalue weighted by Gasteiger charge is -2.37. The van der Waals surface area contributed by atoms with E-state index in [1.165, 1.54) is 11.3 Å². The summed E-state index contributed by atoms with van der Waals surface area (Å²) >= 11 is 1.53. The van der Waals surface area contributed by atoms with Gasteiger partial charge in [0, 0.05) is 37.9 Å². The molecule has 3 aromatic rings. The fourth-order valence-corrected chi connectivity index (χ4v) is 6.77. The maximum absolute atomic E-state index is 11.9. The van der Waals surface area contributed by atoms with Crippen LogP contribution in [0.3, 0.4) is 0 Å². The van der Waals surface area contributed by atoms with Crippen LogP contribution in [0.4, 0.5) is 11.8 Å². The fraction of sp³-hybridized carbons (Fsp3) is 0.583. The van der Waals surface area contributed by atoms with Crippen molar-refractivity contribution in [2.75, 3.05) is 43.7 Å². The zero-order valence-corrected chi connectivity index (χ0v) is 24.0. The highest BCUT2D eigenvalue weighted by Gasteiger charge is 2.36. The van der Waals surface area contributed by atoms with Gasteiger partial charge in [-0.25, -0.2) is 23.1 Å². The molecule has 11 nitrogen and oxygen atoms in total. The highest BCUT2D eigenvalue weighted by atomic mass is 32.2. The normalized spacial score (nSPS) is 14.1. The molecule has 0 radical (unpaired) electrons. The summed E-state index contributed by atoms with van der Waals surface area (Å²) in [5.41, 5.74) is 2.29. The number of aliphatic hydroxyl groups excluding tert-OH is 1. The van der Waals surface area contributed by atoms with E-state index in [2.05, 4.69) is 25.3 Å². The Kier molecular flexibility index (Phi) is 9.40. The molecule has 0 fully saturated rings. The molecule has 0 aliphatic rings. The molecule has 0 amide bonds. The molecule has 1 unspecified atom stereocenters. The smallest absolute Gasteiger partial charge is 0.224 e. The number of aromatic nitrogens is 4. The Balaban J connectivity index is 1.96. The van der Waals surface area contributed by atoms with Gasteiger partial charge >= 0.3 is 0 Å². The second-order valence-corrected chi connectivity index (χ2v) is 12.4. The second kappa shape index (κ2) is 11.9. The average molecular weight is 552 g/mol. The number of pyridine rings is 1. The first-order chi connectivity index (χ1) is 17.4. The number of aryl methyl sites for hydroxylation is 2. The predicted octanol–water partition coefficient (Wildman–Crippen LogP) is 2.95. The van der Waals surface area contributed by atoms with Crippen molar-refractivity contribution in [2.45, 2.75) is 52.7 Å². The summed E-state index contributed by atoms with van der Waals surface area (Å²) < 4.78 is 32.6. The summed E-state index contributed by atoms with van der Waals surface area (Å²) in [7, 11) is -1.83. The molecule has 0 aliphatic heterocycles. The van der Waals surface area contributed by atoms with Gasteiger partial charge in [-0.3, -0.25) is 4.98 Å². The summed E-state index contributed by atoms with van der Waals surface area (Å²) in [6.07, 6.45) is 2.60. The number of sulfonamides is 1. The molecule has 13 heteroatoms. The maximum atomic E-state index is 11.9. The molecular weight excluding hydrogens is 514 g/mol. The number of methoxy groups -OCH3 is 1. The molecule has 3 rings (SSSR count). The van der Waals surface area contributed by atoms with Crippen molar-refractivity contribution in [2.24, 2.45) is 5.92 Å². The lowest BCUT2D eigenvalue weighted by molar-refractivity contribution is 0.0713. The minimum atomic E-state index is -3.45. The lowest BCUT2D eigenvalue weighted by Crippen LogP contribution is -2.53. The zero-order valence-electron chi connectivity index (χ0n) is 22.4. The van der Waals surface area contributed by atoms with E-state index in [0.29, 0.717) is 31.3 Å². The van der Waals surface area contributed by atoms with Crippen LogP contribution in [-0.2, 0) is 14.8 Å². The summed E-state index contributed by atoms with van der Waals surface area (Å²) in [6.45, 7) is 10.5. The Morgan fingerprint density at radius 2 is 1.89 bits per heavy atom. The van der Waals surface area contributed by atoms with Gasteiger partial charge in [-0.2, -0.15) is 4.98 Å². The van der Waals surface area contributed by atoms with E-state index in [9.17, 15) is 13.5 Å².